The van der Waals surface area contributed by atoms with Gasteiger partial charge in [-0.3, -0.25) is 9.59 Å². The molecular weight excluding hydrogens is 314 g/mol. The van der Waals surface area contributed by atoms with E-state index in [-0.39, 0.29) is 17.3 Å². The lowest BCUT2D eigenvalue weighted by Crippen LogP contribution is -2.32. The number of carbonyl (C=O) groups is 1. The van der Waals surface area contributed by atoms with Crippen LogP contribution in [0, 0.1) is 6.92 Å². The van der Waals surface area contributed by atoms with E-state index in [1.807, 2.05) is 59.8 Å². The molecule has 1 aromatic carbocycles. The molecule has 0 aliphatic heterocycles. The Labute approximate surface area is 152 Å². The fourth-order valence-electron chi connectivity index (χ4n) is 1.80. The van der Waals surface area contributed by atoms with E-state index in [1.54, 1.807) is 25.3 Å². The van der Waals surface area contributed by atoms with Crippen molar-refractivity contribution in [1.29, 1.82) is 0 Å². The molecule has 0 amide bonds. The molecule has 0 radical (unpaired) electrons. The van der Waals surface area contributed by atoms with E-state index >= 15 is 0 Å². The van der Waals surface area contributed by atoms with Gasteiger partial charge < -0.3 is 10.1 Å². The molecule has 1 N–H and O–H groups in total. The zero-order chi connectivity index (χ0) is 19.8. The van der Waals surface area contributed by atoms with Gasteiger partial charge in [0.25, 0.3) is 0 Å². The van der Waals surface area contributed by atoms with Crippen LogP contribution in [0.15, 0.2) is 52.9 Å². The number of methoxy groups -OCH3 is 1. The minimum atomic E-state index is -0.106. The van der Waals surface area contributed by atoms with Crippen LogP contribution in [0.25, 0.3) is 0 Å². The Hall–Kier alpha value is -2.20. The van der Waals surface area contributed by atoms with Crippen LogP contribution in [0.4, 0.5) is 0 Å². The first-order chi connectivity index (χ1) is 12.0. The summed E-state index contributed by atoms with van der Waals surface area (Å²) in [7, 11) is 3.28. The van der Waals surface area contributed by atoms with Crippen LogP contribution in [0.1, 0.15) is 40.2 Å². The summed E-state index contributed by atoms with van der Waals surface area (Å²) in [6, 6.07) is 6.70. The second kappa shape index (κ2) is 15.3. The number of nitrogens with one attached hydrogen (secondary N) is 1. The van der Waals surface area contributed by atoms with E-state index in [0.717, 1.165) is 11.1 Å². The van der Waals surface area contributed by atoms with E-state index in [2.05, 4.69) is 5.32 Å². The lowest BCUT2D eigenvalue weighted by atomic mass is 10.0. The summed E-state index contributed by atoms with van der Waals surface area (Å²) in [5.74, 6) is 0.528. The molecule has 0 saturated carbocycles. The smallest absolute Gasteiger partial charge is 0.220 e. The molecule has 140 valence electrons. The van der Waals surface area contributed by atoms with Crippen molar-refractivity contribution in [3.05, 3.63) is 63.9 Å². The van der Waals surface area contributed by atoms with Crippen molar-refractivity contribution in [3.63, 3.8) is 0 Å². The van der Waals surface area contributed by atoms with Crippen molar-refractivity contribution in [2.45, 2.75) is 47.6 Å². The summed E-state index contributed by atoms with van der Waals surface area (Å²) in [5.41, 5.74) is 2.07. The molecule has 1 aliphatic carbocycles. The van der Waals surface area contributed by atoms with Gasteiger partial charge in [0.05, 0.1) is 13.2 Å². The van der Waals surface area contributed by atoms with Crippen molar-refractivity contribution >= 4 is 5.78 Å². The fourth-order valence-corrected chi connectivity index (χ4v) is 1.80. The van der Waals surface area contributed by atoms with E-state index in [4.69, 9.17) is 4.74 Å². The Balaban J connectivity index is 0. The zero-order valence-electron chi connectivity index (χ0n) is 16.8. The molecule has 0 aromatic heterocycles. The van der Waals surface area contributed by atoms with Crippen molar-refractivity contribution < 1.29 is 9.53 Å². The lowest BCUT2D eigenvalue weighted by Gasteiger charge is -2.11. The molecule has 0 saturated heterocycles. The number of hydrogen-bond acceptors (Lipinski definition) is 4. The average Bonchev–Trinajstić information content (AvgIpc) is 2.81. The van der Waals surface area contributed by atoms with Crippen LogP contribution in [-0.4, -0.2) is 26.0 Å². The normalized spacial score (nSPS) is 14.5. The fraction of sp³-hybridized carbons (Fsp3) is 0.429. The van der Waals surface area contributed by atoms with Gasteiger partial charge in [-0.25, -0.2) is 0 Å². The molecule has 1 atom stereocenters. The minimum Gasteiger partial charge on any atom is -0.493 e. The van der Waals surface area contributed by atoms with Gasteiger partial charge in [0.2, 0.25) is 5.43 Å². The number of ketones is 1. The summed E-state index contributed by atoms with van der Waals surface area (Å²) < 4.78 is 4.87. The Morgan fingerprint density at radius 2 is 1.60 bits per heavy atom. The van der Waals surface area contributed by atoms with Gasteiger partial charge in [-0.1, -0.05) is 57.6 Å². The van der Waals surface area contributed by atoms with Crippen molar-refractivity contribution in [1.82, 2.24) is 5.32 Å². The van der Waals surface area contributed by atoms with Gasteiger partial charge in [-0.15, -0.1) is 0 Å². The molecule has 0 bridgehead atoms. The predicted molar refractivity (Wildman–Crippen MR) is 107 cm³/mol. The monoisotopic (exact) mass is 347 g/mol. The molecule has 1 aromatic rings. The third-order valence-corrected chi connectivity index (χ3v) is 2.99. The maximum Gasteiger partial charge on any atom is 0.220 e. The quantitative estimate of drug-likeness (QED) is 0.876. The van der Waals surface area contributed by atoms with Crippen LogP contribution in [0.2, 0.25) is 0 Å². The molecule has 1 unspecified atom stereocenters. The molecule has 0 fully saturated rings. The summed E-state index contributed by atoms with van der Waals surface area (Å²) >= 11 is 0. The number of likely N-dealkylation sites (N-methyl/N-ethyl adjacent to an activating group) is 1. The molecule has 2 rings (SSSR count). The van der Waals surface area contributed by atoms with Gasteiger partial charge in [0.1, 0.15) is 0 Å². The van der Waals surface area contributed by atoms with Crippen LogP contribution < -0.4 is 15.5 Å². The number of rotatable bonds is 2. The van der Waals surface area contributed by atoms with Crippen LogP contribution in [0.3, 0.4) is 0 Å². The van der Waals surface area contributed by atoms with E-state index in [1.165, 1.54) is 13.2 Å². The molecular formula is C21H33NO3. The molecule has 0 spiro atoms. The largest absolute Gasteiger partial charge is 0.493 e. The number of aryl methyl sites for hydroxylation is 1. The Morgan fingerprint density at radius 3 is 2.08 bits per heavy atom. The minimum absolute atomic E-state index is 0.0828. The topological polar surface area (TPSA) is 55.4 Å². The Bertz CT molecular complexity index is 619. The molecule has 25 heavy (non-hydrogen) atoms. The van der Waals surface area contributed by atoms with Gasteiger partial charge in [-0.05, 0) is 44.7 Å². The maximum atomic E-state index is 11.1. The van der Waals surface area contributed by atoms with Gasteiger partial charge >= 0.3 is 0 Å². The van der Waals surface area contributed by atoms with E-state index in [0.29, 0.717) is 5.75 Å². The summed E-state index contributed by atoms with van der Waals surface area (Å²) in [6.45, 7) is 11.9. The highest BCUT2D eigenvalue weighted by molar-refractivity contribution is 5.97. The summed E-state index contributed by atoms with van der Waals surface area (Å²) in [5, 5.41) is 2.91. The first-order valence-electron chi connectivity index (χ1n) is 8.70. The summed E-state index contributed by atoms with van der Waals surface area (Å²) in [6.07, 6.45) is 5.36. The van der Waals surface area contributed by atoms with Crippen LogP contribution in [0.5, 0.6) is 5.75 Å². The SMILES string of the molecule is CC.CC.CNC1C=C(C)C=CC1=O.COc1cc(C)cccc1=O. The van der Waals surface area contributed by atoms with Gasteiger partial charge in [0.15, 0.2) is 11.5 Å². The molecule has 4 nitrogen and oxygen atoms in total. The summed E-state index contributed by atoms with van der Waals surface area (Å²) in [4.78, 5) is 22.1. The van der Waals surface area contributed by atoms with Crippen molar-refractivity contribution in [3.8, 4) is 5.75 Å². The maximum absolute atomic E-state index is 11.1. The van der Waals surface area contributed by atoms with E-state index < -0.39 is 0 Å². The highest BCUT2D eigenvalue weighted by Gasteiger charge is 2.12. The number of allylic oxidation sites excluding steroid dienone is 2. The Morgan fingerprint density at radius 1 is 1.00 bits per heavy atom. The van der Waals surface area contributed by atoms with Crippen molar-refractivity contribution in [2.75, 3.05) is 14.2 Å². The van der Waals surface area contributed by atoms with Crippen LogP contribution >= 0.6 is 0 Å². The van der Waals surface area contributed by atoms with Gasteiger partial charge in [-0.2, -0.15) is 0 Å². The van der Waals surface area contributed by atoms with E-state index in [9.17, 15) is 9.59 Å². The predicted octanol–water partition coefficient (Wildman–Crippen LogP) is 4.08. The third kappa shape index (κ3) is 10.3. The first kappa shape index (κ1) is 25.0. The number of carbonyl (C=O) groups excluding carboxylic acids is 1. The molecule has 4 heteroatoms. The lowest BCUT2D eigenvalue weighted by molar-refractivity contribution is -0.115. The first-order valence-corrected chi connectivity index (χ1v) is 8.70. The molecule has 1 aliphatic rings. The zero-order valence-corrected chi connectivity index (χ0v) is 16.8. The second-order valence-corrected chi connectivity index (χ2v) is 4.76. The van der Waals surface area contributed by atoms with Crippen molar-refractivity contribution in [2.24, 2.45) is 0 Å². The molecule has 0 heterocycles. The number of hydrogen-bond donors (Lipinski definition) is 1. The number of ether oxygens (including phenoxy) is 1. The standard InChI is InChI=1S/C9H10O2.C8H11NO.2C2H6/c1-7-4-3-5-8(10)9(6-7)11-2;1-6-3-4-8(10)7(5-6)9-2;2*1-2/h3-6H,1-2H3;3-5,7,9H,1-2H3;2*1-2H3. The second-order valence-electron chi connectivity index (χ2n) is 4.76. The average molecular weight is 347 g/mol. The Kier molecular flexibility index (Phi) is 15.4. The third-order valence-electron chi connectivity index (χ3n) is 2.99. The van der Waals surface area contributed by atoms with Crippen LogP contribution in [-0.2, 0) is 4.79 Å². The van der Waals surface area contributed by atoms with Gasteiger partial charge in [0, 0.05) is 0 Å². The highest BCUT2D eigenvalue weighted by atomic mass is 16.5. The highest BCUT2D eigenvalue weighted by Crippen LogP contribution is 2.06.